The minimum absolute atomic E-state index is 0.000813. The summed E-state index contributed by atoms with van der Waals surface area (Å²) in [7, 11) is 0. The molecule has 41 heteroatoms. The molecule has 0 bridgehead atoms. The molecule has 0 fully saturated rings. The number of guanidine groups is 4. The Hall–Kier alpha value is -14.4. The van der Waals surface area contributed by atoms with Gasteiger partial charge in [-0.05, 0) is 152 Å². The SMILES string of the molecule is CC(C)(C)c1cc(Cl)cc([C@H](CC(=O)O)CC(=O)CNC(=O)c2cc(O)cc(NC3=NCC(F)CN3)c2)c1.CC(C)(C)c1cc(Cl)cc([C@H](CC(=O)O)CC(=O)CNC(=O)c2cccc(NC3=NCCN3)c2)c1.CC(C)(C)c1cc(Cl)cc([C@H](CC(=O)O)CC(=O)CNC(=O)c2cncc(NC3=NCC(F)CN3)c2)c1.Cc1cc([C@H](CC(=O)O)CC(=O)CNC(=O)c2cncc(NC3=NCC(O)CN3)c2)cc(C(C)(C)C)c1. The molecule has 0 spiro atoms. The monoisotopic (exact) mass is 2080 g/mol. The molecule has 0 saturated carbocycles. The van der Waals surface area contributed by atoms with E-state index in [2.05, 4.69) is 121 Å². The van der Waals surface area contributed by atoms with Crippen LogP contribution < -0.4 is 63.8 Å². The molecule has 2 aromatic heterocycles. The summed E-state index contributed by atoms with van der Waals surface area (Å²) in [4.78, 5) is 172. The number of amides is 4. The number of nitrogens with one attached hydrogen (secondary N) is 12. The zero-order valence-corrected chi connectivity index (χ0v) is 86.5. The van der Waals surface area contributed by atoms with E-state index in [1.807, 2.05) is 124 Å². The number of β-amino-alcohol motifs (C(OH)–C–C–N with tert-alkyl or cyclic N) is 1. The van der Waals surface area contributed by atoms with Gasteiger partial charge in [0.15, 0.2) is 47.0 Å². The third-order valence-corrected chi connectivity index (χ3v) is 24.1. The number of ketones is 4. The van der Waals surface area contributed by atoms with Crippen molar-refractivity contribution in [3.05, 3.63) is 240 Å². The molecule has 8 aromatic rings. The van der Waals surface area contributed by atoms with E-state index in [0.29, 0.717) is 97.0 Å². The Morgan fingerprint density at radius 1 is 0.367 bits per heavy atom. The molecule has 3 unspecified atom stereocenters. The minimum atomic E-state index is -1.09. The van der Waals surface area contributed by atoms with Crippen LogP contribution in [0.3, 0.4) is 0 Å². The second-order valence-corrected chi connectivity index (χ2v) is 41.6. The van der Waals surface area contributed by atoms with Crippen LogP contribution in [0.4, 0.5) is 31.5 Å². The lowest BCUT2D eigenvalue weighted by atomic mass is 9.81. The number of halogens is 5. The molecule has 6 heterocycles. The number of hydrogen-bond donors (Lipinski definition) is 18. The molecule has 4 aliphatic rings. The number of alkyl halides is 2. The number of anilines is 4. The summed E-state index contributed by atoms with van der Waals surface area (Å²) >= 11 is 18.9. The Morgan fingerprint density at radius 2 is 0.694 bits per heavy atom. The second kappa shape index (κ2) is 53.6. The van der Waals surface area contributed by atoms with Crippen molar-refractivity contribution in [2.75, 3.05) is 99.8 Å². The first-order valence-electron chi connectivity index (χ1n) is 47.8. The molecule has 18 N–H and O–H groups in total. The van der Waals surface area contributed by atoms with Crippen LogP contribution in [-0.2, 0) is 60.0 Å². The smallest absolute Gasteiger partial charge is 0.303 e. The molecule has 4 aliphatic heterocycles. The largest absolute Gasteiger partial charge is 0.508 e. The highest BCUT2D eigenvalue weighted by Gasteiger charge is 2.31. The number of aromatic nitrogens is 2. The maximum absolute atomic E-state index is 13.2. The number of hydrogen-bond acceptors (Lipinski definition) is 28. The van der Waals surface area contributed by atoms with Crippen molar-refractivity contribution < 1.29 is 97.0 Å². The third-order valence-electron chi connectivity index (χ3n) is 23.4. The van der Waals surface area contributed by atoms with Gasteiger partial charge in [0.05, 0.1) is 132 Å². The number of aromatic hydroxyl groups is 1. The number of aliphatic imine (C=N–C) groups is 4. The summed E-state index contributed by atoms with van der Waals surface area (Å²) in [6.07, 6.45) is 1.96. The number of phenolic OH excluding ortho intramolecular Hbond substituents is 1. The average Bonchev–Trinajstić information content (AvgIpc) is 1.17. The highest BCUT2D eigenvalue weighted by Crippen LogP contribution is 2.38. The van der Waals surface area contributed by atoms with E-state index < -0.39 is 89.6 Å². The lowest BCUT2D eigenvalue weighted by Gasteiger charge is -2.23. The van der Waals surface area contributed by atoms with Gasteiger partial charge in [-0.15, -0.1) is 0 Å². The first-order chi connectivity index (χ1) is 69.1. The molecular weight excluding hydrogens is 1960 g/mol. The lowest BCUT2D eigenvalue weighted by molar-refractivity contribution is -0.138. The zero-order chi connectivity index (χ0) is 108. The van der Waals surface area contributed by atoms with E-state index in [4.69, 9.17) is 34.8 Å². The fourth-order valence-electron chi connectivity index (χ4n) is 15.6. The van der Waals surface area contributed by atoms with Crippen LogP contribution in [0, 0.1) is 6.92 Å². The van der Waals surface area contributed by atoms with E-state index in [1.165, 1.54) is 49.1 Å². The number of aliphatic hydroxyl groups is 1. The Labute approximate surface area is 866 Å². The Bertz CT molecular complexity index is 6070. The summed E-state index contributed by atoms with van der Waals surface area (Å²) in [5.41, 5.74) is 9.98. The molecular formula is C106H129Cl3F2N18O18. The van der Waals surface area contributed by atoms with Crippen molar-refractivity contribution in [3.63, 3.8) is 0 Å². The number of carbonyl (C=O) groups excluding carboxylic acids is 8. The predicted molar refractivity (Wildman–Crippen MR) is 563 cm³/mol. The number of phenols is 1. The van der Waals surface area contributed by atoms with E-state index in [1.54, 1.807) is 42.5 Å². The van der Waals surface area contributed by atoms with Crippen molar-refractivity contribution in [2.24, 2.45) is 20.0 Å². The summed E-state index contributed by atoms with van der Waals surface area (Å²) in [6, 6.07) is 36.3. The molecule has 7 atom stereocenters. The summed E-state index contributed by atoms with van der Waals surface area (Å²) in [5.74, 6) is -7.92. The van der Waals surface area contributed by atoms with Gasteiger partial charge in [0.1, 0.15) is 18.1 Å². The number of carboxylic acid groups (broad SMARTS) is 4. The molecule has 0 aliphatic carbocycles. The van der Waals surface area contributed by atoms with Crippen LogP contribution in [0.1, 0.15) is 250 Å². The summed E-state index contributed by atoms with van der Waals surface area (Å²) in [5, 5.41) is 92.6. The molecule has 147 heavy (non-hydrogen) atoms. The van der Waals surface area contributed by atoms with Gasteiger partial charge in [-0.3, -0.25) is 77.5 Å². The lowest BCUT2D eigenvalue weighted by Crippen LogP contribution is -2.42. The predicted octanol–water partition coefficient (Wildman–Crippen LogP) is 14.0. The number of nitrogens with zero attached hydrogens (tertiary/aromatic N) is 6. The van der Waals surface area contributed by atoms with Crippen molar-refractivity contribution in [3.8, 4) is 5.75 Å². The topological polar surface area (TPSA) is 546 Å². The van der Waals surface area contributed by atoms with Gasteiger partial charge in [-0.1, -0.05) is 166 Å². The van der Waals surface area contributed by atoms with E-state index in [-0.39, 0.29) is 178 Å². The fourth-order valence-corrected chi connectivity index (χ4v) is 16.3. The van der Waals surface area contributed by atoms with Crippen LogP contribution in [0.5, 0.6) is 5.75 Å². The molecule has 36 nitrogen and oxygen atoms in total. The zero-order valence-electron chi connectivity index (χ0n) is 84.3. The summed E-state index contributed by atoms with van der Waals surface area (Å²) < 4.78 is 26.5. The van der Waals surface area contributed by atoms with Crippen molar-refractivity contribution >= 4 is 152 Å². The quantitative estimate of drug-likeness (QED) is 0.0173. The van der Waals surface area contributed by atoms with Crippen LogP contribution >= 0.6 is 34.8 Å². The Balaban J connectivity index is 0.000000218. The normalized spacial score (nSPS) is 15.7. The maximum Gasteiger partial charge on any atom is 0.303 e. The Kier molecular flexibility index (Phi) is 42.4. The van der Waals surface area contributed by atoms with Crippen LogP contribution in [0.2, 0.25) is 15.1 Å². The third kappa shape index (κ3) is 39.5. The molecule has 6 aromatic carbocycles. The number of aliphatic hydroxyl groups excluding tert-OH is 1. The number of rotatable bonds is 36. The highest BCUT2D eigenvalue weighted by molar-refractivity contribution is 6.31. The van der Waals surface area contributed by atoms with Gasteiger partial charge in [-0.2, -0.15) is 0 Å². The number of pyridine rings is 2. The van der Waals surface area contributed by atoms with Gasteiger partial charge < -0.3 is 94.4 Å². The fraction of sp³-hybridized carbons (Fsp3) is 0.415. The summed E-state index contributed by atoms with van der Waals surface area (Å²) in [6.45, 7) is 27.8. The number of aliphatic carboxylic acids is 4. The number of carboxylic acids is 4. The molecule has 0 radical (unpaired) electrons. The molecule has 0 saturated heterocycles. The van der Waals surface area contributed by atoms with E-state index in [0.717, 1.165) is 39.9 Å². The van der Waals surface area contributed by atoms with Gasteiger partial charge >= 0.3 is 23.9 Å². The van der Waals surface area contributed by atoms with Gasteiger partial charge in [-0.25, -0.2) is 18.8 Å². The first kappa shape index (κ1) is 116. The van der Waals surface area contributed by atoms with E-state index >= 15 is 0 Å². The maximum atomic E-state index is 13.2. The average molecular weight is 2090 g/mol. The second-order valence-electron chi connectivity index (χ2n) is 40.3. The van der Waals surface area contributed by atoms with Crippen LogP contribution in [0.15, 0.2) is 172 Å². The number of benzene rings is 6. The molecule has 4 amide bonds. The highest BCUT2D eigenvalue weighted by atomic mass is 35.5. The molecule has 786 valence electrons. The first-order valence-corrected chi connectivity index (χ1v) is 48.9. The van der Waals surface area contributed by atoms with Gasteiger partial charge in [0.2, 0.25) is 0 Å². The van der Waals surface area contributed by atoms with Crippen LogP contribution in [0.25, 0.3) is 0 Å². The van der Waals surface area contributed by atoms with Crippen molar-refractivity contribution in [1.29, 1.82) is 0 Å². The van der Waals surface area contributed by atoms with Crippen molar-refractivity contribution in [1.82, 2.24) is 52.5 Å². The standard InChI is InChI=1S/C27H32ClFN4O5.C27H35N5O5.C26H31ClFN5O4.C26H31ClN4O4/c1-27(2,3)18-4-15(5-19(28)10-18)16(9-24(36)37)7-23(35)14-30-25(38)17-6-21(11-22(34)8-17)33-26-31-12-20(29)13-32-26;1-16-5-17(7-20(6-16)27(2,3)4)18(10-24(35)36)9-22(33)13-29-25(37)19-8-21(12-28-11-19)32-26-30-14-23(34)15-31-26;1-26(2,3)18-4-15(5-19(27)9-18)16(8-23(35)36)7-22(34)14-30-24(37)17-6-21(13-29-10-17)33-25-31-11-20(28)12-32-25;1-26(2,3)19-9-17(10-20(27)14-19)18(13-23(33)34)12-22(32)15-30-24(35)16-5-4-6-21(11-16)31-25-28-7-8-29-25/h4-6,8,10-11,16,20,34H,7,9,12-14H2,1-3H3,(H,30,38)(H,36,37)(H2,31,32,33);5-8,11-12,18,23,34H,9-10,13-15H2,1-4H3,(H,29,37)(H,35,36)(H2,30,31,32);4-6,9-10,13,16,20H,7-8,11-12,14H2,1-3H3,(H,30,37)(H,35,36)(H2,31,32,33);4-6,9-11,14,18H,7-8,12-13,15H2,1-3H3,(H,30,35)(H,33,34)(H2,28,29,31)/t16-;18-;16-;18-/m0000/s1. The van der Waals surface area contributed by atoms with E-state index in [9.17, 15) is 97.0 Å². The van der Waals surface area contributed by atoms with Gasteiger partial charge in [0.25, 0.3) is 23.6 Å². The van der Waals surface area contributed by atoms with Crippen molar-refractivity contribution in [2.45, 2.75) is 205 Å². The van der Waals surface area contributed by atoms with Gasteiger partial charge in [0, 0.05) is 118 Å². The number of carbonyl (C=O) groups is 12. The molecule has 12 rings (SSSR count). The number of aryl methyl sites for hydroxylation is 1. The Morgan fingerprint density at radius 3 is 1.04 bits per heavy atom. The number of Topliss-reactive ketones (excluding diaryl/α,β-unsaturated/α-hetero) is 4. The van der Waals surface area contributed by atoms with Crippen LogP contribution in [-0.4, -0.2) is 232 Å². The minimum Gasteiger partial charge on any atom is -0.508 e.